The Labute approximate surface area is 93.8 Å². The van der Waals surface area contributed by atoms with Crippen molar-refractivity contribution >= 4 is 17.9 Å². The third-order valence-electron chi connectivity index (χ3n) is 1.71. The molecule has 0 aliphatic heterocycles. The monoisotopic (exact) mass is 232 g/mol. The number of carbonyl (C=O) groups is 3. The summed E-state index contributed by atoms with van der Waals surface area (Å²) in [7, 11) is 1.16. The van der Waals surface area contributed by atoms with E-state index in [0.717, 1.165) is 7.11 Å². The number of methoxy groups -OCH3 is 1. The van der Waals surface area contributed by atoms with Crippen molar-refractivity contribution in [1.29, 1.82) is 0 Å². The number of ether oxygens (including phenoxy) is 3. The van der Waals surface area contributed by atoms with Crippen LogP contribution in [0.3, 0.4) is 0 Å². The summed E-state index contributed by atoms with van der Waals surface area (Å²) in [5.74, 6) is -1.77. The van der Waals surface area contributed by atoms with Gasteiger partial charge in [-0.1, -0.05) is 13.8 Å². The molecule has 0 heterocycles. The number of hydrogen-bond donors (Lipinski definition) is 0. The van der Waals surface area contributed by atoms with E-state index in [-0.39, 0.29) is 19.4 Å². The van der Waals surface area contributed by atoms with Crippen molar-refractivity contribution in [2.75, 3.05) is 13.7 Å². The molecule has 0 spiro atoms. The van der Waals surface area contributed by atoms with Crippen molar-refractivity contribution in [2.24, 2.45) is 0 Å². The topological polar surface area (TPSA) is 78.9 Å². The maximum Gasteiger partial charge on any atom is 0.350 e. The molecular weight excluding hydrogens is 216 g/mol. The maximum atomic E-state index is 11.2. The van der Waals surface area contributed by atoms with Gasteiger partial charge in [0, 0.05) is 12.8 Å². The molecule has 0 radical (unpaired) electrons. The van der Waals surface area contributed by atoms with Crippen molar-refractivity contribution in [3.05, 3.63) is 0 Å². The first-order chi connectivity index (χ1) is 7.54. The highest BCUT2D eigenvalue weighted by molar-refractivity contribution is 5.79. The highest BCUT2D eigenvalue weighted by Crippen LogP contribution is 2.00. The molecule has 6 heteroatoms. The first kappa shape index (κ1) is 14.4. The Morgan fingerprint density at radius 2 is 1.62 bits per heavy atom. The van der Waals surface area contributed by atoms with Crippen molar-refractivity contribution < 1.29 is 28.6 Å². The van der Waals surface area contributed by atoms with Crippen molar-refractivity contribution in [3.63, 3.8) is 0 Å². The van der Waals surface area contributed by atoms with E-state index in [1.54, 1.807) is 13.8 Å². The maximum absolute atomic E-state index is 11.2. The molecule has 0 aromatic rings. The fraction of sp³-hybridized carbons (Fsp3) is 0.700. The van der Waals surface area contributed by atoms with Crippen LogP contribution in [0.2, 0.25) is 0 Å². The molecule has 0 amide bonds. The molecule has 0 N–H and O–H groups in total. The van der Waals surface area contributed by atoms with Crippen LogP contribution in [0.25, 0.3) is 0 Å². The van der Waals surface area contributed by atoms with E-state index in [2.05, 4.69) is 4.74 Å². The molecule has 1 atom stereocenters. The molecule has 6 nitrogen and oxygen atoms in total. The Kier molecular flexibility index (Phi) is 6.91. The van der Waals surface area contributed by atoms with Gasteiger partial charge in [0.2, 0.25) is 6.10 Å². The minimum Gasteiger partial charge on any atom is -0.466 e. The quantitative estimate of drug-likeness (QED) is 0.488. The zero-order valence-corrected chi connectivity index (χ0v) is 9.65. The van der Waals surface area contributed by atoms with Crippen LogP contribution in [-0.4, -0.2) is 37.7 Å². The van der Waals surface area contributed by atoms with Crippen LogP contribution in [0.1, 0.15) is 26.7 Å². The standard InChI is InChI=1S/C10H16O6/c1-4-8(11)15-6-7(10(13)14-3)16-9(12)5-2/h7H,4-6H2,1-3H3/t7-/m1/s1. The van der Waals surface area contributed by atoms with Gasteiger partial charge in [0.05, 0.1) is 7.11 Å². The number of esters is 3. The van der Waals surface area contributed by atoms with Crippen LogP contribution in [0.15, 0.2) is 0 Å². The molecule has 0 aromatic heterocycles. The van der Waals surface area contributed by atoms with Gasteiger partial charge in [-0.25, -0.2) is 4.79 Å². The first-order valence-corrected chi connectivity index (χ1v) is 4.98. The van der Waals surface area contributed by atoms with E-state index in [1.165, 1.54) is 0 Å². The van der Waals surface area contributed by atoms with Gasteiger partial charge in [-0.3, -0.25) is 9.59 Å². The van der Waals surface area contributed by atoms with Gasteiger partial charge in [-0.05, 0) is 0 Å². The summed E-state index contributed by atoms with van der Waals surface area (Å²) in [4.78, 5) is 33.0. The van der Waals surface area contributed by atoms with E-state index < -0.39 is 24.0 Å². The lowest BCUT2D eigenvalue weighted by Gasteiger charge is -2.14. The van der Waals surface area contributed by atoms with Crippen molar-refractivity contribution in [3.8, 4) is 0 Å². The minimum atomic E-state index is -1.19. The summed E-state index contributed by atoms with van der Waals surface area (Å²) in [6.45, 7) is 2.90. The van der Waals surface area contributed by atoms with Crippen molar-refractivity contribution in [2.45, 2.75) is 32.8 Å². The fourth-order valence-electron chi connectivity index (χ4n) is 0.794. The van der Waals surface area contributed by atoms with Crippen LogP contribution >= 0.6 is 0 Å². The summed E-state index contributed by atoms with van der Waals surface area (Å²) in [6, 6.07) is 0. The van der Waals surface area contributed by atoms with E-state index >= 15 is 0 Å². The molecule has 0 aromatic carbocycles. The summed E-state index contributed by atoms with van der Waals surface area (Å²) in [5.41, 5.74) is 0. The highest BCUT2D eigenvalue weighted by atomic mass is 16.6. The van der Waals surface area contributed by atoms with Crippen LogP contribution in [-0.2, 0) is 28.6 Å². The van der Waals surface area contributed by atoms with Gasteiger partial charge < -0.3 is 14.2 Å². The predicted octanol–water partition coefficient (Wildman–Crippen LogP) is 0.434. The lowest BCUT2D eigenvalue weighted by molar-refractivity contribution is -0.172. The number of carbonyl (C=O) groups excluding carboxylic acids is 3. The second kappa shape index (κ2) is 7.67. The third kappa shape index (κ3) is 5.33. The van der Waals surface area contributed by atoms with Crippen LogP contribution in [0.5, 0.6) is 0 Å². The fourth-order valence-corrected chi connectivity index (χ4v) is 0.794. The van der Waals surface area contributed by atoms with Crippen LogP contribution < -0.4 is 0 Å². The number of hydrogen-bond acceptors (Lipinski definition) is 6. The lowest BCUT2D eigenvalue weighted by Crippen LogP contribution is -2.33. The van der Waals surface area contributed by atoms with Gasteiger partial charge >= 0.3 is 17.9 Å². The Morgan fingerprint density at radius 3 is 2.06 bits per heavy atom. The molecule has 92 valence electrons. The third-order valence-corrected chi connectivity index (χ3v) is 1.71. The Balaban J connectivity index is 4.26. The largest absolute Gasteiger partial charge is 0.466 e. The van der Waals surface area contributed by atoms with Crippen LogP contribution in [0.4, 0.5) is 0 Å². The highest BCUT2D eigenvalue weighted by Gasteiger charge is 2.24. The molecular formula is C10H16O6. The Bertz CT molecular complexity index is 260. The average molecular weight is 232 g/mol. The predicted molar refractivity (Wildman–Crippen MR) is 53.4 cm³/mol. The van der Waals surface area contributed by atoms with Crippen molar-refractivity contribution in [1.82, 2.24) is 0 Å². The van der Waals surface area contributed by atoms with Gasteiger partial charge in [0.25, 0.3) is 0 Å². The molecule has 16 heavy (non-hydrogen) atoms. The normalized spacial score (nSPS) is 11.4. The molecule has 0 fully saturated rings. The first-order valence-electron chi connectivity index (χ1n) is 4.98. The smallest absolute Gasteiger partial charge is 0.350 e. The second-order valence-corrected chi connectivity index (χ2v) is 2.89. The van der Waals surface area contributed by atoms with E-state index in [4.69, 9.17) is 9.47 Å². The molecule has 0 bridgehead atoms. The van der Waals surface area contributed by atoms with Gasteiger partial charge in [-0.2, -0.15) is 0 Å². The van der Waals surface area contributed by atoms with E-state index in [0.29, 0.717) is 0 Å². The van der Waals surface area contributed by atoms with Gasteiger partial charge in [0.15, 0.2) is 0 Å². The molecule has 0 rings (SSSR count). The van der Waals surface area contributed by atoms with Crippen LogP contribution in [0, 0.1) is 0 Å². The zero-order chi connectivity index (χ0) is 12.6. The Hall–Kier alpha value is -1.59. The summed E-state index contributed by atoms with van der Waals surface area (Å²) >= 11 is 0. The number of rotatable bonds is 6. The SMILES string of the molecule is CCC(=O)OC[C@@H](OC(=O)CC)C(=O)OC. The summed E-state index contributed by atoms with van der Waals surface area (Å²) in [5, 5.41) is 0. The molecule has 0 saturated heterocycles. The minimum absolute atomic E-state index is 0.134. The molecule has 0 aliphatic rings. The molecule has 0 aliphatic carbocycles. The van der Waals surface area contributed by atoms with Gasteiger partial charge in [-0.15, -0.1) is 0 Å². The molecule has 0 saturated carbocycles. The van der Waals surface area contributed by atoms with E-state index in [1.807, 2.05) is 0 Å². The average Bonchev–Trinajstić information content (AvgIpc) is 2.32. The Morgan fingerprint density at radius 1 is 1.06 bits per heavy atom. The summed E-state index contributed by atoms with van der Waals surface area (Å²) in [6.07, 6.45) is -0.863. The van der Waals surface area contributed by atoms with Gasteiger partial charge in [0.1, 0.15) is 6.61 Å². The second-order valence-electron chi connectivity index (χ2n) is 2.89. The summed E-state index contributed by atoms with van der Waals surface area (Å²) < 4.78 is 13.9. The zero-order valence-electron chi connectivity index (χ0n) is 9.65. The molecule has 0 unspecified atom stereocenters. The lowest BCUT2D eigenvalue weighted by atomic mass is 10.3. The van der Waals surface area contributed by atoms with E-state index in [9.17, 15) is 14.4 Å².